The Morgan fingerprint density at radius 1 is 0.971 bits per heavy atom. The molecular formula is C27H24F2N4O. The van der Waals surface area contributed by atoms with E-state index in [1.54, 1.807) is 4.90 Å². The van der Waals surface area contributed by atoms with Gasteiger partial charge in [0.2, 0.25) is 0 Å². The van der Waals surface area contributed by atoms with Crippen molar-refractivity contribution in [3.05, 3.63) is 114 Å². The molecule has 0 bridgehead atoms. The number of carbonyl (C=O) groups is 1. The average molecular weight is 459 g/mol. The Morgan fingerprint density at radius 3 is 2.47 bits per heavy atom. The van der Waals surface area contributed by atoms with Gasteiger partial charge in [-0.2, -0.15) is 0 Å². The quantitative estimate of drug-likeness (QED) is 0.412. The molecule has 7 heteroatoms. The normalized spacial score (nSPS) is 14.7. The molecule has 0 radical (unpaired) electrons. The first-order valence-corrected chi connectivity index (χ1v) is 11.0. The second-order valence-corrected chi connectivity index (χ2v) is 8.50. The number of nitrogens with zero attached hydrogens (tertiary/aromatic N) is 3. The average Bonchev–Trinajstić information content (AvgIpc) is 3.25. The minimum absolute atomic E-state index is 0.0685. The smallest absolute Gasteiger partial charge is 0.323 e. The summed E-state index contributed by atoms with van der Waals surface area (Å²) in [6.45, 7) is 0.312. The number of carbonyl (C=O) groups excluding carboxylic acids is 1. The Morgan fingerprint density at radius 2 is 1.74 bits per heavy atom. The van der Waals surface area contributed by atoms with E-state index in [9.17, 15) is 13.6 Å². The van der Waals surface area contributed by atoms with Gasteiger partial charge in [0.05, 0.1) is 24.0 Å². The number of halogens is 2. The number of para-hydroxylation sites is 1. The number of fused-ring (bicyclic) bond motifs is 3. The van der Waals surface area contributed by atoms with Gasteiger partial charge in [-0.25, -0.2) is 13.6 Å². The minimum atomic E-state index is -0.821. The summed E-state index contributed by atoms with van der Waals surface area (Å²) in [5.74, 6) is -1.52. The highest BCUT2D eigenvalue weighted by Gasteiger charge is 2.33. The van der Waals surface area contributed by atoms with Crippen LogP contribution in [0.3, 0.4) is 0 Å². The number of hydrogen-bond donors (Lipinski definition) is 1. The van der Waals surface area contributed by atoms with E-state index in [-0.39, 0.29) is 5.69 Å². The highest BCUT2D eigenvalue weighted by Crippen LogP contribution is 2.37. The van der Waals surface area contributed by atoms with Gasteiger partial charge < -0.3 is 19.7 Å². The van der Waals surface area contributed by atoms with Crippen LogP contribution in [0.5, 0.6) is 0 Å². The van der Waals surface area contributed by atoms with E-state index in [1.807, 2.05) is 85.9 Å². The van der Waals surface area contributed by atoms with E-state index in [2.05, 4.69) is 9.88 Å². The topological polar surface area (TPSA) is 40.5 Å². The predicted molar refractivity (Wildman–Crippen MR) is 129 cm³/mol. The Kier molecular flexibility index (Phi) is 5.53. The molecule has 5 nitrogen and oxygen atoms in total. The predicted octanol–water partition coefficient (Wildman–Crippen LogP) is 5.96. The van der Waals surface area contributed by atoms with E-state index in [1.165, 1.54) is 6.07 Å². The van der Waals surface area contributed by atoms with E-state index in [4.69, 9.17) is 0 Å². The lowest BCUT2D eigenvalue weighted by Gasteiger charge is -2.31. The summed E-state index contributed by atoms with van der Waals surface area (Å²) in [7, 11) is 3.94. The van der Waals surface area contributed by atoms with Crippen LogP contribution < -0.4 is 10.2 Å². The molecule has 0 unspecified atom stereocenters. The number of aromatic nitrogens is 1. The van der Waals surface area contributed by atoms with Crippen LogP contribution in [0.2, 0.25) is 0 Å². The van der Waals surface area contributed by atoms with Crippen LogP contribution in [0.15, 0.2) is 85.1 Å². The fourth-order valence-corrected chi connectivity index (χ4v) is 4.42. The summed E-state index contributed by atoms with van der Waals surface area (Å²) < 4.78 is 29.8. The molecule has 34 heavy (non-hydrogen) atoms. The molecule has 172 valence electrons. The number of urea groups is 1. The zero-order valence-corrected chi connectivity index (χ0v) is 18.9. The van der Waals surface area contributed by atoms with Crippen molar-refractivity contribution in [2.45, 2.75) is 12.6 Å². The standard InChI is InChI=1S/C27H24F2N4O/c1-31(2)21-12-9-18(10-13-21)26-25-8-5-15-32(25)24-7-4-3-6-19(24)17-33(26)27(34)30-23-14-11-20(28)16-22(23)29/h3-16,26H,17H2,1-2H3,(H,30,34)/t26-/m0/s1. The minimum Gasteiger partial charge on any atom is -0.378 e. The molecule has 1 N–H and O–H groups in total. The molecule has 1 aliphatic rings. The van der Waals surface area contributed by atoms with Crippen molar-refractivity contribution in [2.24, 2.45) is 0 Å². The molecule has 0 saturated heterocycles. The molecule has 1 aliphatic heterocycles. The highest BCUT2D eigenvalue weighted by molar-refractivity contribution is 5.90. The zero-order valence-electron chi connectivity index (χ0n) is 18.9. The Labute approximate surface area is 196 Å². The number of nitrogens with one attached hydrogen (secondary N) is 1. The summed E-state index contributed by atoms with van der Waals surface area (Å²) in [4.78, 5) is 17.3. The van der Waals surface area contributed by atoms with Gasteiger partial charge in [-0.05, 0) is 53.6 Å². The maximum absolute atomic E-state index is 14.3. The molecule has 0 aliphatic carbocycles. The fraction of sp³-hybridized carbons (Fsp3) is 0.148. The second-order valence-electron chi connectivity index (χ2n) is 8.50. The molecule has 0 spiro atoms. The van der Waals surface area contributed by atoms with Gasteiger partial charge in [-0.15, -0.1) is 0 Å². The summed E-state index contributed by atoms with van der Waals surface area (Å²) >= 11 is 0. The zero-order chi connectivity index (χ0) is 23.8. The Bertz CT molecular complexity index is 1350. The number of benzene rings is 3. The van der Waals surface area contributed by atoms with Gasteiger partial charge in [-0.3, -0.25) is 0 Å². The van der Waals surface area contributed by atoms with Crippen molar-refractivity contribution < 1.29 is 13.6 Å². The van der Waals surface area contributed by atoms with Crippen molar-refractivity contribution in [2.75, 3.05) is 24.3 Å². The summed E-state index contributed by atoms with van der Waals surface area (Å²) in [6.07, 6.45) is 1.98. The van der Waals surface area contributed by atoms with Crippen molar-refractivity contribution in [1.29, 1.82) is 0 Å². The van der Waals surface area contributed by atoms with Crippen molar-refractivity contribution >= 4 is 17.4 Å². The Balaban J connectivity index is 1.61. The van der Waals surface area contributed by atoms with Gasteiger partial charge in [0.1, 0.15) is 11.6 Å². The van der Waals surface area contributed by atoms with Gasteiger partial charge in [0.15, 0.2) is 0 Å². The van der Waals surface area contributed by atoms with Crippen LogP contribution in [-0.4, -0.2) is 29.6 Å². The maximum atomic E-state index is 14.3. The molecule has 3 aromatic carbocycles. The first kappa shape index (κ1) is 21.7. The first-order valence-electron chi connectivity index (χ1n) is 11.0. The van der Waals surface area contributed by atoms with Crippen LogP contribution in [0.25, 0.3) is 5.69 Å². The van der Waals surface area contributed by atoms with Crippen molar-refractivity contribution in [1.82, 2.24) is 9.47 Å². The largest absolute Gasteiger partial charge is 0.378 e. The molecule has 2 amide bonds. The van der Waals surface area contributed by atoms with Crippen molar-refractivity contribution in [3.8, 4) is 5.69 Å². The lowest BCUT2D eigenvalue weighted by Crippen LogP contribution is -2.38. The van der Waals surface area contributed by atoms with Crippen LogP contribution in [0, 0.1) is 11.6 Å². The molecule has 0 saturated carbocycles. The molecule has 4 aromatic rings. The van der Waals surface area contributed by atoms with Crippen LogP contribution in [0.4, 0.5) is 25.0 Å². The van der Waals surface area contributed by atoms with Crippen LogP contribution >= 0.6 is 0 Å². The van der Waals surface area contributed by atoms with E-state index in [0.29, 0.717) is 6.54 Å². The van der Waals surface area contributed by atoms with Gasteiger partial charge >= 0.3 is 6.03 Å². The third-order valence-corrected chi connectivity index (χ3v) is 6.12. The first-order chi connectivity index (χ1) is 16.4. The number of rotatable bonds is 3. The van der Waals surface area contributed by atoms with Crippen LogP contribution in [-0.2, 0) is 6.54 Å². The van der Waals surface area contributed by atoms with Crippen LogP contribution in [0.1, 0.15) is 22.9 Å². The van der Waals surface area contributed by atoms with E-state index >= 15 is 0 Å². The molecule has 5 rings (SSSR count). The molecule has 1 atom stereocenters. The highest BCUT2D eigenvalue weighted by atomic mass is 19.1. The molecular weight excluding hydrogens is 434 g/mol. The molecule has 1 aromatic heterocycles. The molecule has 2 heterocycles. The fourth-order valence-electron chi connectivity index (χ4n) is 4.42. The summed E-state index contributed by atoms with van der Waals surface area (Å²) in [5, 5.41) is 2.65. The Hall–Kier alpha value is -4.13. The number of amides is 2. The third kappa shape index (κ3) is 3.90. The SMILES string of the molecule is CN(C)c1ccc([C@H]2c3cccn3-c3ccccc3CN2C(=O)Nc2ccc(F)cc2F)cc1. The van der Waals surface area contributed by atoms with E-state index < -0.39 is 23.7 Å². The lowest BCUT2D eigenvalue weighted by atomic mass is 10.0. The summed E-state index contributed by atoms with van der Waals surface area (Å²) in [5.41, 5.74) is 4.76. The summed E-state index contributed by atoms with van der Waals surface area (Å²) in [6, 6.07) is 22.1. The van der Waals surface area contributed by atoms with Gasteiger partial charge in [-0.1, -0.05) is 30.3 Å². The number of hydrogen-bond acceptors (Lipinski definition) is 2. The number of anilines is 2. The van der Waals surface area contributed by atoms with Gasteiger partial charge in [0, 0.05) is 37.7 Å². The maximum Gasteiger partial charge on any atom is 0.323 e. The van der Waals surface area contributed by atoms with Gasteiger partial charge in [0.25, 0.3) is 0 Å². The third-order valence-electron chi connectivity index (χ3n) is 6.12. The van der Waals surface area contributed by atoms with E-state index in [0.717, 1.165) is 40.3 Å². The monoisotopic (exact) mass is 458 g/mol. The molecule has 0 fully saturated rings. The second kappa shape index (κ2) is 8.67. The lowest BCUT2D eigenvalue weighted by molar-refractivity contribution is 0.194. The van der Waals surface area contributed by atoms with Crippen molar-refractivity contribution in [3.63, 3.8) is 0 Å².